The van der Waals surface area contributed by atoms with E-state index in [1.807, 2.05) is 24.3 Å². The van der Waals surface area contributed by atoms with Crippen LogP contribution in [-0.2, 0) is 6.42 Å². The van der Waals surface area contributed by atoms with Crippen molar-refractivity contribution in [3.05, 3.63) is 77.4 Å². The molecule has 138 valence electrons. The van der Waals surface area contributed by atoms with Crippen LogP contribution in [0.5, 0.6) is 5.75 Å². The maximum atomic E-state index is 12.3. The molecule has 0 unspecified atom stereocenters. The molecule has 0 saturated heterocycles. The van der Waals surface area contributed by atoms with Crippen molar-refractivity contribution in [2.75, 3.05) is 0 Å². The molecule has 4 atom stereocenters. The highest BCUT2D eigenvalue weighted by atomic mass is 16.5. The van der Waals surface area contributed by atoms with E-state index in [4.69, 9.17) is 4.74 Å². The van der Waals surface area contributed by atoms with Crippen LogP contribution in [0.4, 0.5) is 0 Å². The number of hydrogen-bond donors (Lipinski definition) is 0. The third-order valence-corrected chi connectivity index (χ3v) is 7.24. The highest BCUT2D eigenvalue weighted by Gasteiger charge is 2.48. The Bertz CT molecular complexity index is 898. The van der Waals surface area contributed by atoms with Gasteiger partial charge >= 0.3 is 5.97 Å². The number of fused-ring (bicyclic) bond motifs is 5. The molecule has 1 saturated carbocycles. The fourth-order valence-corrected chi connectivity index (χ4v) is 5.84. The van der Waals surface area contributed by atoms with Crippen LogP contribution in [0.2, 0.25) is 0 Å². The van der Waals surface area contributed by atoms with Gasteiger partial charge in [0.2, 0.25) is 0 Å². The molecule has 2 aromatic carbocycles. The minimum absolute atomic E-state index is 0.283. The molecule has 1 fully saturated rings. The SMILES string of the molecule is C[C@@]12C=CC[C@H]1[C@H]1CCc3cc(OC(=O)c4ccccc4)ccc3[C@H]1CC2. The molecule has 2 heteroatoms. The number of esters is 1. The predicted octanol–water partition coefficient (Wildman–Crippen LogP) is 5.93. The predicted molar refractivity (Wildman–Crippen MR) is 107 cm³/mol. The molecule has 5 rings (SSSR count). The van der Waals surface area contributed by atoms with Gasteiger partial charge in [-0.15, -0.1) is 0 Å². The molecule has 27 heavy (non-hydrogen) atoms. The minimum Gasteiger partial charge on any atom is -0.423 e. The zero-order valence-corrected chi connectivity index (χ0v) is 15.9. The smallest absolute Gasteiger partial charge is 0.343 e. The normalized spacial score (nSPS) is 30.9. The van der Waals surface area contributed by atoms with E-state index in [2.05, 4.69) is 31.2 Å². The van der Waals surface area contributed by atoms with E-state index in [1.54, 1.807) is 12.1 Å². The summed E-state index contributed by atoms with van der Waals surface area (Å²) in [6, 6.07) is 15.5. The number of hydrogen-bond acceptors (Lipinski definition) is 2. The lowest BCUT2D eigenvalue weighted by molar-refractivity contribution is 0.0732. The molecule has 2 nitrogen and oxygen atoms in total. The van der Waals surface area contributed by atoms with Crippen LogP contribution >= 0.6 is 0 Å². The van der Waals surface area contributed by atoms with E-state index in [9.17, 15) is 4.79 Å². The summed E-state index contributed by atoms with van der Waals surface area (Å²) < 4.78 is 5.64. The van der Waals surface area contributed by atoms with Crippen LogP contribution in [0.25, 0.3) is 0 Å². The Morgan fingerprint density at radius 2 is 1.96 bits per heavy atom. The number of carbonyl (C=O) groups excluding carboxylic acids is 1. The van der Waals surface area contributed by atoms with Gasteiger partial charge in [-0.2, -0.15) is 0 Å². The average Bonchev–Trinajstić information content (AvgIpc) is 3.10. The first-order valence-electron chi connectivity index (χ1n) is 10.2. The molecule has 0 amide bonds. The molecule has 0 bridgehead atoms. The fraction of sp³-hybridized carbons (Fsp3) is 0.400. The van der Waals surface area contributed by atoms with E-state index in [-0.39, 0.29) is 5.97 Å². The average molecular weight is 358 g/mol. The Morgan fingerprint density at radius 3 is 2.81 bits per heavy atom. The summed E-state index contributed by atoms with van der Waals surface area (Å²) in [5.41, 5.74) is 3.89. The topological polar surface area (TPSA) is 26.3 Å². The Labute approximate surface area is 161 Å². The maximum Gasteiger partial charge on any atom is 0.343 e. The van der Waals surface area contributed by atoms with Crippen LogP contribution in [0.3, 0.4) is 0 Å². The highest BCUT2D eigenvalue weighted by Crippen LogP contribution is 2.58. The highest BCUT2D eigenvalue weighted by molar-refractivity contribution is 5.91. The van der Waals surface area contributed by atoms with Gasteiger partial charge in [0.25, 0.3) is 0 Å². The summed E-state index contributed by atoms with van der Waals surface area (Å²) in [5, 5.41) is 0. The van der Waals surface area contributed by atoms with E-state index in [0.717, 1.165) is 18.3 Å². The molecule has 0 N–H and O–H groups in total. The Hall–Kier alpha value is -2.35. The van der Waals surface area contributed by atoms with Gasteiger partial charge in [-0.05, 0) is 90.7 Å². The quantitative estimate of drug-likeness (QED) is 0.378. The van der Waals surface area contributed by atoms with Gasteiger partial charge in [0, 0.05) is 0 Å². The summed E-state index contributed by atoms with van der Waals surface area (Å²) in [4.78, 5) is 12.3. The van der Waals surface area contributed by atoms with Crippen molar-refractivity contribution < 1.29 is 9.53 Å². The monoisotopic (exact) mass is 358 g/mol. The van der Waals surface area contributed by atoms with E-state index < -0.39 is 0 Å². The number of rotatable bonds is 2. The Kier molecular flexibility index (Phi) is 3.96. The molecule has 0 aromatic heterocycles. The summed E-state index contributed by atoms with van der Waals surface area (Å²) in [5.74, 6) is 2.66. The molecule has 2 aromatic rings. The Morgan fingerprint density at radius 1 is 1.11 bits per heavy atom. The lowest BCUT2D eigenvalue weighted by Crippen LogP contribution is -2.39. The first-order valence-corrected chi connectivity index (χ1v) is 10.2. The summed E-state index contributed by atoms with van der Waals surface area (Å²) in [6.07, 6.45) is 11.1. The molecule has 0 spiro atoms. The fourth-order valence-electron chi connectivity index (χ4n) is 5.84. The molecule has 0 radical (unpaired) electrons. The number of aryl methyl sites for hydroxylation is 1. The van der Waals surface area contributed by atoms with E-state index >= 15 is 0 Å². The van der Waals surface area contributed by atoms with Crippen molar-refractivity contribution in [1.82, 2.24) is 0 Å². The molecule has 3 aliphatic rings. The van der Waals surface area contributed by atoms with Gasteiger partial charge < -0.3 is 4.74 Å². The van der Waals surface area contributed by atoms with Gasteiger partial charge in [-0.25, -0.2) is 4.79 Å². The zero-order valence-electron chi connectivity index (χ0n) is 15.9. The number of carbonyl (C=O) groups is 1. The largest absolute Gasteiger partial charge is 0.423 e. The number of benzene rings is 2. The summed E-state index contributed by atoms with van der Waals surface area (Å²) in [7, 11) is 0. The second-order valence-corrected chi connectivity index (χ2v) is 8.71. The second-order valence-electron chi connectivity index (χ2n) is 8.71. The standard InChI is InChI=1S/C25H26O2/c1-25-14-5-8-23(25)22-11-9-18-16-19(10-12-20(18)21(22)13-15-25)27-24(26)17-6-3-2-4-7-17/h2-7,10,12,14,16,21-23H,8-9,11,13,15H2,1H3/t21-,22+,23+,25+/m1/s1. The summed E-state index contributed by atoms with van der Waals surface area (Å²) >= 11 is 0. The first kappa shape index (κ1) is 16.8. The van der Waals surface area contributed by atoms with Crippen molar-refractivity contribution in [3.63, 3.8) is 0 Å². The number of ether oxygens (including phenoxy) is 1. The van der Waals surface area contributed by atoms with Gasteiger partial charge in [0.15, 0.2) is 0 Å². The van der Waals surface area contributed by atoms with Crippen molar-refractivity contribution in [1.29, 1.82) is 0 Å². The lowest BCUT2D eigenvalue weighted by atomic mass is 9.56. The van der Waals surface area contributed by atoms with Gasteiger partial charge in [0.1, 0.15) is 5.75 Å². The van der Waals surface area contributed by atoms with Crippen molar-refractivity contribution >= 4 is 5.97 Å². The van der Waals surface area contributed by atoms with Gasteiger partial charge in [-0.3, -0.25) is 0 Å². The van der Waals surface area contributed by atoms with Crippen LogP contribution in [0.15, 0.2) is 60.7 Å². The molecular formula is C25H26O2. The van der Waals surface area contributed by atoms with Crippen molar-refractivity contribution in [2.45, 2.75) is 44.9 Å². The maximum absolute atomic E-state index is 12.3. The van der Waals surface area contributed by atoms with Crippen LogP contribution in [0.1, 0.15) is 60.0 Å². The van der Waals surface area contributed by atoms with Crippen molar-refractivity contribution in [3.8, 4) is 5.75 Å². The Balaban J connectivity index is 1.37. The van der Waals surface area contributed by atoms with Crippen LogP contribution in [0, 0.1) is 17.3 Å². The summed E-state index contributed by atoms with van der Waals surface area (Å²) in [6.45, 7) is 2.46. The van der Waals surface area contributed by atoms with Crippen LogP contribution < -0.4 is 4.74 Å². The molecule has 3 aliphatic carbocycles. The first-order chi connectivity index (χ1) is 13.1. The minimum atomic E-state index is -0.283. The van der Waals surface area contributed by atoms with Gasteiger partial charge in [-0.1, -0.05) is 43.3 Å². The zero-order chi connectivity index (χ0) is 18.4. The molecular weight excluding hydrogens is 332 g/mol. The van der Waals surface area contributed by atoms with E-state index in [1.165, 1.54) is 36.8 Å². The van der Waals surface area contributed by atoms with Crippen molar-refractivity contribution in [2.24, 2.45) is 17.3 Å². The third-order valence-electron chi connectivity index (χ3n) is 7.24. The van der Waals surface area contributed by atoms with Gasteiger partial charge in [0.05, 0.1) is 5.56 Å². The third kappa shape index (κ3) is 2.82. The second kappa shape index (κ2) is 6.37. The molecule has 0 aliphatic heterocycles. The lowest BCUT2D eigenvalue weighted by Gasteiger charge is -2.49. The number of allylic oxidation sites excluding steroid dienone is 2. The van der Waals surface area contributed by atoms with E-state index in [0.29, 0.717) is 22.6 Å². The molecule has 0 heterocycles. The van der Waals surface area contributed by atoms with Crippen LogP contribution in [-0.4, -0.2) is 5.97 Å².